The molecule has 1 N–H and O–H groups in total. The zero-order valence-electron chi connectivity index (χ0n) is 12.0. The van der Waals surface area contributed by atoms with Gasteiger partial charge < -0.3 is 9.88 Å². The molecule has 1 aromatic carbocycles. The molecule has 0 fully saturated rings. The van der Waals surface area contributed by atoms with Crippen molar-refractivity contribution in [2.24, 2.45) is 0 Å². The van der Waals surface area contributed by atoms with Crippen LogP contribution in [-0.4, -0.2) is 11.1 Å². The first-order valence-electron chi connectivity index (χ1n) is 7.19. The smallest absolute Gasteiger partial charge is 0.0220 e. The van der Waals surface area contributed by atoms with E-state index >= 15 is 0 Å². The summed E-state index contributed by atoms with van der Waals surface area (Å²) < 4.78 is 2.26. The Morgan fingerprint density at radius 1 is 1.16 bits per heavy atom. The van der Waals surface area contributed by atoms with E-state index in [1.807, 2.05) is 0 Å². The molecule has 0 unspecified atom stereocenters. The molecule has 0 bridgehead atoms. The van der Waals surface area contributed by atoms with Crippen molar-refractivity contribution in [2.45, 2.75) is 39.8 Å². The summed E-state index contributed by atoms with van der Waals surface area (Å²) in [5.74, 6) is 0. The van der Waals surface area contributed by atoms with Crippen molar-refractivity contribution in [2.75, 3.05) is 6.54 Å². The highest BCUT2D eigenvalue weighted by molar-refractivity contribution is 5.25. The number of hydrogen-bond acceptors (Lipinski definition) is 1. The lowest BCUT2D eigenvalue weighted by atomic mass is 10.1. The minimum absolute atomic E-state index is 0.961. The zero-order valence-corrected chi connectivity index (χ0v) is 12.0. The van der Waals surface area contributed by atoms with Crippen LogP contribution >= 0.6 is 0 Å². The van der Waals surface area contributed by atoms with Gasteiger partial charge in [-0.05, 0) is 49.1 Å². The maximum Gasteiger partial charge on any atom is 0.0220 e. The van der Waals surface area contributed by atoms with Crippen LogP contribution in [0.3, 0.4) is 0 Å². The highest BCUT2D eigenvalue weighted by Gasteiger charge is 1.98. The molecule has 2 rings (SSSR count). The van der Waals surface area contributed by atoms with E-state index in [0.29, 0.717) is 0 Å². The van der Waals surface area contributed by atoms with Gasteiger partial charge in [-0.1, -0.05) is 31.2 Å². The molecule has 0 saturated heterocycles. The molecule has 0 aliphatic heterocycles. The normalized spacial score (nSPS) is 10.8. The van der Waals surface area contributed by atoms with Crippen LogP contribution < -0.4 is 5.32 Å². The Morgan fingerprint density at radius 3 is 2.79 bits per heavy atom. The van der Waals surface area contributed by atoms with E-state index in [1.54, 1.807) is 0 Å². The van der Waals surface area contributed by atoms with Crippen molar-refractivity contribution in [3.05, 3.63) is 59.4 Å². The average molecular weight is 256 g/mol. The largest absolute Gasteiger partial charge is 0.354 e. The van der Waals surface area contributed by atoms with Crippen LogP contribution in [0.15, 0.2) is 42.7 Å². The molecule has 0 atom stereocenters. The van der Waals surface area contributed by atoms with Crippen molar-refractivity contribution in [3.8, 4) is 0 Å². The second-order valence-corrected chi connectivity index (χ2v) is 5.11. The fourth-order valence-electron chi connectivity index (χ4n) is 2.34. The summed E-state index contributed by atoms with van der Waals surface area (Å²) in [6, 6.07) is 10.8. The highest BCUT2D eigenvalue weighted by Crippen LogP contribution is 2.07. The Morgan fingerprint density at radius 2 is 2.00 bits per heavy atom. The fourth-order valence-corrected chi connectivity index (χ4v) is 2.34. The number of nitrogens with zero attached hydrogens (tertiary/aromatic N) is 1. The van der Waals surface area contributed by atoms with Gasteiger partial charge in [0.05, 0.1) is 0 Å². The molecule has 2 heteroatoms. The van der Waals surface area contributed by atoms with Crippen molar-refractivity contribution in [3.63, 3.8) is 0 Å². The summed E-state index contributed by atoms with van der Waals surface area (Å²) in [6.07, 6.45) is 6.70. The van der Waals surface area contributed by atoms with Crippen LogP contribution in [0.25, 0.3) is 0 Å². The zero-order chi connectivity index (χ0) is 13.5. The van der Waals surface area contributed by atoms with E-state index < -0.39 is 0 Å². The van der Waals surface area contributed by atoms with Crippen molar-refractivity contribution in [1.29, 1.82) is 0 Å². The van der Waals surface area contributed by atoms with Crippen molar-refractivity contribution >= 4 is 0 Å². The van der Waals surface area contributed by atoms with Gasteiger partial charge in [0, 0.05) is 25.5 Å². The average Bonchev–Trinajstić information content (AvgIpc) is 2.85. The summed E-state index contributed by atoms with van der Waals surface area (Å²) in [5, 5.41) is 3.52. The summed E-state index contributed by atoms with van der Waals surface area (Å²) in [4.78, 5) is 0. The van der Waals surface area contributed by atoms with Gasteiger partial charge in [-0.25, -0.2) is 0 Å². The quantitative estimate of drug-likeness (QED) is 0.750. The minimum Gasteiger partial charge on any atom is -0.354 e. The molecule has 2 nitrogen and oxygen atoms in total. The molecule has 2 aromatic rings. The SMILES string of the molecule is CCCn1ccc(CNCCc2ccccc2C)c1. The summed E-state index contributed by atoms with van der Waals surface area (Å²) in [6.45, 7) is 7.50. The van der Waals surface area contributed by atoms with E-state index in [9.17, 15) is 0 Å². The topological polar surface area (TPSA) is 17.0 Å². The number of aryl methyl sites for hydroxylation is 2. The van der Waals surface area contributed by atoms with Crippen LogP contribution in [0.1, 0.15) is 30.0 Å². The van der Waals surface area contributed by atoms with E-state index in [0.717, 1.165) is 26.1 Å². The standard InChI is InChI=1S/C17H24N2/c1-3-11-19-12-9-16(14-19)13-18-10-8-17-7-5-4-6-15(17)2/h4-7,9,12,14,18H,3,8,10-11,13H2,1-2H3. The van der Waals surface area contributed by atoms with E-state index in [1.165, 1.54) is 23.1 Å². The van der Waals surface area contributed by atoms with Crippen molar-refractivity contribution < 1.29 is 0 Å². The van der Waals surface area contributed by atoms with E-state index in [2.05, 4.69) is 66.5 Å². The Labute approximate surface area is 116 Å². The monoisotopic (exact) mass is 256 g/mol. The third-order valence-electron chi connectivity index (χ3n) is 3.46. The maximum atomic E-state index is 3.52. The third kappa shape index (κ3) is 4.25. The molecular formula is C17H24N2. The number of rotatable bonds is 7. The Bertz CT molecular complexity index is 499. The lowest BCUT2D eigenvalue weighted by molar-refractivity contribution is 0.666. The van der Waals surface area contributed by atoms with Gasteiger partial charge in [-0.3, -0.25) is 0 Å². The molecule has 0 aliphatic rings. The van der Waals surface area contributed by atoms with Gasteiger partial charge in [-0.2, -0.15) is 0 Å². The minimum atomic E-state index is 0.961. The van der Waals surface area contributed by atoms with Gasteiger partial charge in [0.2, 0.25) is 0 Å². The Kier molecular flexibility index (Phi) is 5.22. The number of hydrogen-bond donors (Lipinski definition) is 1. The van der Waals surface area contributed by atoms with Gasteiger partial charge in [0.1, 0.15) is 0 Å². The lowest BCUT2D eigenvalue weighted by Gasteiger charge is -2.06. The molecule has 0 aliphatic carbocycles. The lowest BCUT2D eigenvalue weighted by Crippen LogP contribution is -2.16. The molecule has 19 heavy (non-hydrogen) atoms. The molecule has 1 heterocycles. The summed E-state index contributed by atoms with van der Waals surface area (Å²) >= 11 is 0. The number of nitrogens with one attached hydrogen (secondary N) is 1. The van der Waals surface area contributed by atoms with E-state index in [4.69, 9.17) is 0 Å². The second kappa shape index (κ2) is 7.15. The summed E-state index contributed by atoms with van der Waals surface area (Å²) in [5.41, 5.74) is 4.20. The maximum absolute atomic E-state index is 3.52. The molecule has 0 radical (unpaired) electrons. The Hall–Kier alpha value is -1.54. The number of benzene rings is 1. The van der Waals surface area contributed by atoms with Crippen LogP contribution in [0.2, 0.25) is 0 Å². The molecule has 0 amide bonds. The van der Waals surface area contributed by atoms with Crippen LogP contribution in [0.4, 0.5) is 0 Å². The van der Waals surface area contributed by atoms with E-state index in [-0.39, 0.29) is 0 Å². The van der Waals surface area contributed by atoms with Crippen LogP contribution in [-0.2, 0) is 19.5 Å². The first-order chi connectivity index (χ1) is 9.29. The second-order valence-electron chi connectivity index (χ2n) is 5.11. The third-order valence-corrected chi connectivity index (χ3v) is 3.46. The molecule has 102 valence electrons. The summed E-state index contributed by atoms with van der Waals surface area (Å²) in [7, 11) is 0. The fraction of sp³-hybridized carbons (Fsp3) is 0.412. The first-order valence-corrected chi connectivity index (χ1v) is 7.19. The molecular weight excluding hydrogens is 232 g/mol. The molecule has 0 spiro atoms. The van der Waals surface area contributed by atoms with Gasteiger partial charge in [-0.15, -0.1) is 0 Å². The van der Waals surface area contributed by atoms with Gasteiger partial charge >= 0.3 is 0 Å². The van der Waals surface area contributed by atoms with Crippen LogP contribution in [0.5, 0.6) is 0 Å². The van der Waals surface area contributed by atoms with Crippen LogP contribution in [0, 0.1) is 6.92 Å². The van der Waals surface area contributed by atoms with Gasteiger partial charge in [0.25, 0.3) is 0 Å². The highest BCUT2D eigenvalue weighted by atomic mass is 14.9. The molecule has 0 saturated carbocycles. The number of aromatic nitrogens is 1. The predicted octanol–water partition coefficient (Wildman–Crippen LogP) is 3.54. The molecule has 1 aromatic heterocycles. The first kappa shape index (κ1) is 13.9. The Balaban J connectivity index is 1.73. The van der Waals surface area contributed by atoms with Crippen molar-refractivity contribution in [1.82, 2.24) is 9.88 Å². The van der Waals surface area contributed by atoms with Gasteiger partial charge in [0.15, 0.2) is 0 Å². The predicted molar refractivity (Wildman–Crippen MR) is 81.3 cm³/mol.